The molecular formula is C27H25Cl2F2N2O2PS. The summed E-state index contributed by atoms with van der Waals surface area (Å²) in [6, 6.07) is 9.24. The minimum Gasteiger partial charge on any atom is -0.478 e. The van der Waals surface area contributed by atoms with Gasteiger partial charge in [0.25, 0.3) is 0 Å². The number of nitrogens with zero attached hydrogens (tertiary/aromatic N) is 2. The van der Waals surface area contributed by atoms with Gasteiger partial charge in [0.1, 0.15) is 11.6 Å². The number of carboxylic acids is 1. The highest BCUT2D eigenvalue weighted by atomic mass is 35.5. The second kappa shape index (κ2) is 10.9. The summed E-state index contributed by atoms with van der Waals surface area (Å²) < 4.78 is 29.8. The van der Waals surface area contributed by atoms with Gasteiger partial charge in [0, 0.05) is 16.9 Å². The van der Waals surface area contributed by atoms with Crippen molar-refractivity contribution in [3.8, 4) is 0 Å². The lowest BCUT2D eigenvalue weighted by Crippen LogP contribution is -2.39. The average molecular weight is 581 g/mol. The lowest BCUT2D eigenvalue weighted by Gasteiger charge is -2.38. The van der Waals surface area contributed by atoms with E-state index in [1.807, 2.05) is 18.2 Å². The first-order valence-corrected chi connectivity index (χ1v) is 14.0. The molecule has 0 amide bonds. The Bertz CT molecular complexity index is 1420. The molecule has 2 aromatic carbocycles. The first-order valence-electron chi connectivity index (χ1n) is 11.4. The molecule has 3 aromatic rings. The molecule has 37 heavy (non-hydrogen) atoms. The SMILES string of the molecule is CC(C)(c1ccc(Cl)c(Cl)c1)c1cnc(SCc2ccc(F)cc2C(=O)O)n1C1(CP)C=CC(F)=CC1. The minimum atomic E-state index is -1.20. The van der Waals surface area contributed by atoms with Crippen LogP contribution >= 0.6 is 44.2 Å². The van der Waals surface area contributed by atoms with Crippen LogP contribution in [0.3, 0.4) is 0 Å². The van der Waals surface area contributed by atoms with Crippen LogP contribution in [0.2, 0.25) is 10.0 Å². The third-order valence-corrected chi connectivity index (χ3v) is 9.12. The molecule has 1 aliphatic rings. The molecule has 4 nitrogen and oxygen atoms in total. The molecule has 0 saturated heterocycles. The van der Waals surface area contributed by atoms with Gasteiger partial charge in [-0.15, -0.1) is 9.24 Å². The van der Waals surface area contributed by atoms with Crippen molar-refractivity contribution in [2.45, 2.75) is 42.1 Å². The predicted octanol–water partition coefficient (Wildman–Crippen LogP) is 8.03. The van der Waals surface area contributed by atoms with Crippen LogP contribution in [0.4, 0.5) is 8.78 Å². The van der Waals surface area contributed by atoms with E-state index in [4.69, 9.17) is 28.2 Å². The number of benzene rings is 2. The number of imidazole rings is 1. The number of hydrogen-bond acceptors (Lipinski definition) is 3. The molecule has 0 saturated carbocycles. The minimum absolute atomic E-state index is 0.0923. The zero-order valence-corrected chi connectivity index (χ0v) is 23.6. The van der Waals surface area contributed by atoms with Crippen LogP contribution in [0.25, 0.3) is 0 Å². The molecule has 1 aromatic heterocycles. The third-order valence-electron chi connectivity index (χ3n) is 6.67. The molecule has 2 atom stereocenters. The van der Waals surface area contributed by atoms with Gasteiger partial charge >= 0.3 is 5.97 Å². The van der Waals surface area contributed by atoms with Crippen molar-refractivity contribution in [2.24, 2.45) is 0 Å². The van der Waals surface area contributed by atoms with Crippen LogP contribution in [0, 0.1) is 5.82 Å². The number of hydrogen-bond donors (Lipinski definition) is 1. The number of aromatic nitrogens is 2. The van der Waals surface area contributed by atoms with E-state index in [-0.39, 0.29) is 17.1 Å². The Balaban J connectivity index is 1.83. The molecule has 4 rings (SSSR count). The van der Waals surface area contributed by atoms with E-state index in [0.29, 0.717) is 33.3 Å². The lowest BCUT2D eigenvalue weighted by atomic mass is 9.80. The number of halogens is 4. The van der Waals surface area contributed by atoms with Gasteiger partial charge in [-0.25, -0.2) is 18.6 Å². The second-order valence-electron chi connectivity index (χ2n) is 9.34. The summed E-state index contributed by atoms with van der Waals surface area (Å²) in [5.41, 5.74) is 0.984. The fourth-order valence-corrected chi connectivity index (χ4v) is 6.27. The van der Waals surface area contributed by atoms with Crippen molar-refractivity contribution >= 4 is 50.2 Å². The summed E-state index contributed by atoms with van der Waals surface area (Å²) in [7, 11) is 2.75. The Hall–Kier alpha value is -2.18. The highest BCUT2D eigenvalue weighted by Crippen LogP contribution is 2.43. The van der Waals surface area contributed by atoms with Crippen LogP contribution < -0.4 is 0 Å². The van der Waals surface area contributed by atoms with E-state index in [9.17, 15) is 18.7 Å². The highest BCUT2D eigenvalue weighted by molar-refractivity contribution is 7.98. The monoisotopic (exact) mass is 580 g/mol. The van der Waals surface area contributed by atoms with Crippen LogP contribution in [-0.2, 0) is 16.7 Å². The fourth-order valence-electron chi connectivity index (χ4n) is 4.41. The number of carbonyl (C=O) groups is 1. The van der Waals surface area contributed by atoms with Crippen molar-refractivity contribution in [3.05, 3.63) is 105 Å². The molecule has 0 bridgehead atoms. The van der Waals surface area contributed by atoms with Crippen LogP contribution in [-0.4, -0.2) is 26.8 Å². The number of aromatic carboxylic acids is 1. The third kappa shape index (κ3) is 5.51. The Morgan fingerprint density at radius 2 is 1.97 bits per heavy atom. The Morgan fingerprint density at radius 3 is 2.59 bits per heavy atom. The molecule has 0 spiro atoms. The van der Waals surface area contributed by atoms with Crippen molar-refractivity contribution < 1.29 is 18.7 Å². The molecule has 1 heterocycles. The number of carboxylic acid groups (broad SMARTS) is 1. The van der Waals surface area contributed by atoms with Crippen LogP contribution in [0.1, 0.15) is 47.4 Å². The quantitative estimate of drug-likeness (QED) is 0.216. The molecule has 1 aliphatic carbocycles. The molecular weight excluding hydrogens is 556 g/mol. The van der Waals surface area contributed by atoms with Crippen LogP contribution in [0.15, 0.2) is 71.8 Å². The molecule has 2 unspecified atom stereocenters. The number of thioether (sulfide) groups is 1. The second-order valence-corrected chi connectivity index (χ2v) is 11.5. The maximum atomic E-state index is 14.0. The maximum Gasteiger partial charge on any atom is 0.336 e. The van der Waals surface area contributed by atoms with Gasteiger partial charge < -0.3 is 9.67 Å². The highest BCUT2D eigenvalue weighted by Gasteiger charge is 2.38. The van der Waals surface area contributed by atoms with Crippen molar-refractivity contribution in [3.63, 3.8) is 0 Å². The van der Waals surface area contributed by atoms with Crippen LogP contribution in [0.5, 0.6) is 0 Å². The molecule has 10 heteroatoms. The molecule has 0 radical (unpaired) electrons. The topological polar surface area (TPSA) is 55.1 Å². The average Bonchev–Trinajstić information content (AvgIpc) is 3.31. The van der Waals surface area contributed by atoms with Gasteiger partial charge in [-0.2, -0.15) is 0 Å². The van der Waals surface area contributed by atoms with Gasteiger partial charge in [-0.3, -0.25) is 0 Å². The molecule has 194 valence electrons. The largest absolute Gasteiger partial charge is 0.478 e. The summed E-state index contributed by atoms with van der Waals surface area (Å²) in [6.07, 6.45) is 7.63. The first kappa shape index (κ1) is 27.8. The summed E-state index contributed by atoms with van der Waals surface area (Å²) in [5, 5.41) is 11.1. The maximum absolute atomic E-state index is 14.0. The zero-order valence-electron chi connectivity index (χ0n) is 20.1. The van der Waals surface area contributed by atoms with Gasteiger partial charge in [0.2, 0.25) is 0 Å². The van der Waals surface area contributed by atoms with E-state index in [1.165, 1.54) is 30.0 Å². The standard InChI is InChI=1S/C27H25Cl2F2N2O2PS/c1-26(2,17-4-6-21(28)22(29)11-17)23-13-32-25(33(23)27(15-36)9-7-18(30)8-10-27)37-14-16-3-5-19(31)12-20(16)24(34)35/h3-9,11-13H,10,14-15,36H2,1-2H3,(H,34,35). The normalized spacial score (nSPS) is 17.6. The van der Waals surface area contributed by atoms with E-state index in [0.717, 1.165) is 17.3 Å². The van der Waals surface area contributed by atoms with E-state index in [2.05, 4.69) is 27.7 Å². The fraction of sp³-hybridized carbons (Fsp3) is 0.259. The van der Waals surface area contributed by atoms with Gasteiger partial charge in [-0.05, 0) is 60.1 Å². The number of allylic oxidation sites excluding steroid dienone is 4. The van der Waals surface area contributed by atoms with Crippen molar-refractivity contribution in [1.29, 1.82) is 0 Å². The molecule has 0 aliphatic heterocycles. The summed E-state index contributed by atoms with van der Waals surface area (Å²) in [6.45, 7) is 4.10. The smallest absolute Gasteiger partial charge is 0.336 e. The van der Waals surface area contributed by atoms with Crippen molar-refractivity contribution in [2.75, 3.05) is 6.16 Å². The first-order chi connectivity index (χ1) is 17.5. The van der Waals surface area contributed by atoms with Crippen molar-refractivity contribution in [1.82, 2.24) is 9.55 Å². The van der Waals surface area contributed by atoms with Gasteiger partial charge in [0.05, 0.1) is 27.3 Å². The summed E-state index contributed by atoms with van der Waals surface area (Å²) in [4.78, 5) is 16.4. The Kier molecular flexibility index (Phi) is 8.20. The van der Waals surface area contributed by atoms with Gasteiger partial charge in [0.15, 0.2) is 5.16 Å². The lowest BCUT2D eigenvalue weighted by molar-refractivity contribution is 0.0695. The Labute approximate surface area is 231 Å². The van der Waals surface area contributed by atoms with Gasteiger partial charge in [-0.1, -0.05) is 67.0 Å². The van der Waals surface area contributed by atoms with E-state index < -0.39 is 22.7 Å². The predicted molar refractivity (Wildman–Crippen MR) is 149 cm³/mol. The van der Waals surface area contributed by atoms with E-state index in [1.54, 1.807) is 18.3 Å². The Morgan fingerprint density at radius 1 is 1.22 bits per heavy atom. The number of rotatable bonds is 8. The van der Waals surface area contributed by atoms with E-state index >= 15 is 0 Å². The molecule has 1 N–H and O–H groups in total. The zero-order chi connectivity index (χ0) is 27.0. The molecule has 0 fully saturated rings. The summed E-state index contributed by atoms with van der Waals surface area (Å²) >= 11 is 13.9. The summed E-state index contributed by atoms with van der Waals surface area (Å²) in [5.74, 6) is -1.85.